The number of nitrogens with zero attached hydrogens (tertiary/aromatic N) is 3. The number of piperazine rings is 1. The van der Waals surface area contributed by atoms with Gasteiger partial charge < -0.3 is 15.1 Å². The standard InChI is InChI=1S/C21H31Cl2FN4O/c1-26(2)20(29)25-16-6-8-21(24,9-7-16)10-11-27-12-14-28(15-13-27)18-5-3-4-17(22)19(18)23/h3-5,16H,6-15H2,1-2H3,(H,25,29). The van der Waals surface area contributed by atoms with Crippen molar-refractivity contribution in [1.29, 1.82) is 0 Å². The summed E-state index contributed by atoms with van der Waals surface area (Å²) in [6.45, 7) is 4.26. The lowest BCUT2D eigenvalue weighted by Crippen LogP contribution is -2.49. The summed E-state index contributed by atoms with van der Waals surface area (Å²) < 4.78 is 15.2. The molecule has 1 saturated heterocycles. The summed E-state index contributed by atoms with van der Waals surface area (Å²) in [6.07, 6.45) is 3.00. The van der Waals surface area contributed by atoms with E-state index in [4.69, 9.17) is 23.2 Å². The number of anilines is 1. The first kappa shape index (κ1) is 22.4. The van der Waals surface area contributed by atoms with Gasteiger partial charge in [-0.25, -0.2) is 9.18 Å². The first-order valence-electron chi connectivity index (χ1n) is 10.4. The van der Waals surface area contributed by atoms with Crippen LogP contribution in [-0.4, -0.2) is 74.4 Å². The van der Waals surface area contributed by atoms with Gasteiger partial charge in [-0.15, -0.1) is 0 Å². The smallest absolute Gasteiger partial charge is 0.317 e. The third-order valence-electron chi connectivity index (χ3n) is 6.14. The Morgan fingerprint density at radius 3 is 2.48 bits per heavy atom. The summed E-state index contributed by atoms with van der Waals surface area (Å²) >= 11 is 12.5. The minimum Gasteiger partial charge on any atom is -0.368 e. The quantitative estimate of drug-likeness (QED) is 0.729. The van der Waals surface area contributed by atoms with E-state index in [1.54, 1.807) is 20.2 Å². The monoisotopic (exact) mass is 444 g/mol. The van der Waals surface area contributed by atoms with Crippen molar-refractivity contribution in [3.8, 4) is 0 Å². The van der Waals surface area contributed by atoms with Crippen LogP contribution in [-0.2, 0) is 0 Å². The predicted octanol–water partition coefficient (Wildman–Crippen LogP) is 4.43. The van der Waals surface area contributed by atoms with E-state index in [0.29, 0.717) is 42.1 Å². The average Bonchev–Trinajstić information content (AvgIpc) is 2.71. The molecular formula is C21H31Cl2FN4O. The Morgan fingerprint density at radius 1 is 1.21 bits per heavy atom. The third-order valence-corrected chi connectivity index (χ3v) is 6.94. The summed E-state index contributed by atoms with van der Waals surface area (Å²) in [5.74, 6) is 0. The molecular weight excluding hydrogens is 414 g/mol. The first-order valence-corrected chi connectivity index (χ1v) is 11.1. The maximum Gasteiger partial charge on any atom is 0.317 e. The number of nitrogens with one attached hydrogen (secondary N) is 1. The molecule has 1 aliphatic heterocycles. The Kier molecular flexibility index (Phi) is 7.52. The number of rotatable bonds is 5. The highest BCUT2D eigenvalue weighted by Gasteiger charge is 2.36. The fourth-order valence-electron chi connectivity index (χ4n) is 4.14. The van der Waals surface area contributed by atoms with Crippen molar-refractivity contribution in [3.63, 3.8) is 0 Å². The van der Waals surface area contributed by atoms with Gasteiger partial charge in [0, 0.05) is 52.9 Å². The molecule has 1 saturated carbocycles. The van der Waals surface area contributed by atoms with E-state index in [0.717, 1.165) is 38.4 Å². The molecule has 3 rings (SSSR count). The molecule has 0 spiro atoms. The van der Waals surface area contributed by atoms with Gasteiger partial charge in [-0.1, -0.05) is 29.3 Å². The number of halogens is 3. The second-order valence-electron chi connectivity index (χ2n) is 8.42. The molecule has 1 aliphatic carbocycles. The van der Waals surface area contributed by atoms with Gasteiger partial charge in [0.1, 0.15) is 5.67 Å². The van der Waals surface area contributed by atoms with Crippen LogP contribution in [0.3, 0.4) is 0 Å². The highest BCUT2D eigenvalue weighted by Crippen LogP contribution is 2.36. The molecule has 2 amide bonds. The summed E-state index contributed by atoms with van der Waals surface area (Å²) in [5.41, 5.74) is -0.147. The van der Waals surface area contributed by atoms with Crippen molar-refractivity contribution in [2.45, 2.75) is 43.8 Å². The van der Waals surface area contributed by atoms with Gasteiger partial charge in [-0.3, -0.25) is 4.90 Å². The van der Waals surface area contributed by atoms with Crippen LogP contribution in [0.25, 0.3) is 0 Å². The molecule has 162 valence electrons. The summed E-state index contributed by atoms with van der Waals surface area (Å²) in [6, 6.07) is 5.69. The van der Waals surface area contributed by atoms with E-state index in [-0.39, 0.29) is 12.1 Å². The van der Waals surface area contributed by atoms with E-state index in [1.807, 2.05) is 12.1 Å². The molecule has 29 heavy (non-hydrogen) atoms. The minimum atomic E-state index is -1.12. The van der Waals surface area contributed by atoms with Crippen LogP contribution < -0.4 is 10.2 Å². The third kappa shape index (κ3) is 5.89. The normalized spacial score (nSPS) is 25.7. The van der Waals surface area contributed by atoms with E-state index in [9.17, 15) is 4.79 Å². The Labute approximate surface area is 183 Å². The molecule has 1 N–H and O–H groups in total. The molecule has 0 aromatic heterocycles. The van der Waals surface area contributed by atoms with Gasteiger partial charge in [0.15, 0.2) is 0 Å². The highest BCUT2D eigenvalue weighted by atomic mass is 35.5. The zero-order valence-corrected chi connectivity index (χ0v) is 18.8. The number of hydrogen-bond acceptors (Lipinski definition) is 3. The molecule has 5 nitrogen and oxygen atoms in total. The van der Waals surface area contributed by atoms with Crippen molar-refractivity contribution in [2.24, 2.45) is 0 Å². The molecule has 0 unspecified atom stereocenters. The van der Waals surface area contributed by atoms with Crippen molar-refractivity contribution in [1.82, 2.24) is 15.1 Å². The van der Waals surface area contributed by atoms with Gasteiger partial charge in [0.25, 0.3) is 0 Å². The molecule has 0 bridgehead atoms. The van der Waals surface area contributed by atoms with Gasteiger partial charge in [-0.2, -0.15) is 0 Å². The molecule has 1 heterocycles. The topological polar surface area (TPSA) is 38.8 Å². The van der Waals surface area contributed by atoms with E-state index in [1.165, 1.54) is 4.90 Å². The van der Waals surface area contributed by atoms with Crippen LogP contribution in [0.4, 0.5) is 14.9 Å². The number of hydrogen-bond donors (Lipinski definition) is 1. The molecule has 0 radical (unpaired) electrons. The predicted molar refractivity (Wildman–Crippen MR) is 118 cm³/mol. The van der Waals surface area contributed by atoms with Gasteiger partial charge in [-0.05, 0) is 44.2 Å². The number of carbonyl (C=O) groups excluding carboxylic acids is 1. The van der Waals surface area contributed by atoms with Crippen LogP contribution in [0.5, 0.6) is 0 Å². The number of alkyl halides is 1. The van der Waals surface area contributed by atoms with Crippen LogP contribution in [0.1, 0.15) is 32.1 Å². The Hall–Kier alpha value is -1.24. The number of urea groups is 1. The van der Waals surface area contributed by atoms with Crippen LogP contribution in [0, 0.1) is 0 Å². The van der Waals surface area contributed by atoms with Gasteiger partial charge in [0.2, 0.25) is 0 Å². The maximum atomic E-state index is 15.2. The summed E-state index contributed by atoms with van der Waals surface area (Å²) in [7, 11) is 3.44. The lowest BCUT2D eigenvalue weighted by molar-refractivity contribution is 0.0681. The first-order chi connectivity index (χ1) is 13.8. The highest BCUT2D eigenvalue weighted by molar-refractivity contribution is 6.43. The lowest BCUT2D eigenvalue weighted by Gasteiger charge is -2.39. The van der Waals surface area contributed by atoms with Crippen molar-refractivity contribution >= 4 is 34.9 Å². The fourth-order valence-corrected chi connectivity index (χ4v) is 4.56. The van der Waals surface area contributed by atoms with E-state index >= 15 is 4.39 Å². The molecule has 1 aromatic carbocycles. The number of benzene rings is 1. The maximum absolute atomic E-state index is 15.2. The molecule has 2 aliphatic rings. The van der Waals surface area contributed by atoms with Crippen molar-refractivity contribution in [2.75, 3.05) is 51.7 Å². The molecule has 8 heteroatoms. The fraction of sp³-hybridized carbons (Fsp3) is 0.667. The Morgan fingerprint density at radius 2 is 1.86 bits per heavy atom. The largest absolute Gasteiger partial charge is 0.368 e. The SMILES string of the molecule is CN(C)C(=O)NC1CCC(F)(CCN2CCN(c3cccc(Cl)c3Cl)CC2)CC1. The van der Waals surface area contributed by atoms with E-state index in [2.05, 4.69) is 15.1 Å². The minimum absolute atomic E-state index is 0.0831. The van der Waals surface area contributed by atoms with Crippen LogP contribution >= 0.6 is 23.2 Å². The van der Waals surface area contributed by atoms with E-state index < -0.39 is 5.67 Å². The number of amides is 2. The lowest BCUT2D eigenvalue weighted by atomic mass is 9.81. The van der Waals surface area contributed by atoms with Gasteiger partial charge in [0.05, 0.1) is 15.7 Å². The van der Waals surface area contributed by atoms with Crippen LogP contribution in [0.2, 0.25) is 10.0 Å². The molecule has 2 fully saturated rings. The van der Waals surface area contributed by atoms with Crippen LogP contribution in [0.15, 0.2) is 18.2 Å². The van der Waals surface area contributed by atoms with Crippen molar-refractivity contribution in [3.05, 3.63) is 28.2 Å². The average molecular weight is 445 g/mol. The van der Waals surface area contributed by atoms with Crippen molar-refractivity contribution < 1.29 is 9.18 Å². The summed E-state index contributed by atoms with van der Waals surface area (Å²) in [5, 5.41) is 4.15. The summed E-state index contributed by atoms with van der Waals surface area (Å²) in [4.78, 5) is 17.9. The Balaban J connectivity index is 1.41. The molecule has 0 atom stereocenters. The second kappa shape index (κ2) is 9.71. The zero-order chi connectivity index (χ0) is 21.0. The zero-order valence-electron chi connectivity index (χ0n) is 17.3. The Bertz CT molecular complexity index is 702. The number of carbonyl (C=O) groups is 1. The molecule has 1 aromatic rings. The van der Waals surface area contributed by atoms with Gasteiger partial charge >= 0.3 is 6.03 Å². The second-order valence-corrected chi connectivity index (χ2v) is 9.21.